The van der Waals surface area contributed by atoms with Crippen molar-refractivity contribution in [1.82, 2.24) is 14.9 Å². The zero-order chi connectivity index (χ0) is 23.3. The number of benzene rings is 2. The highest BCUT2D eigenvalue weighted by molar-refractivity contribution is 5.83. The first kappa shape index (κ1) is 23.3. The fraction of sp³-hybridized carbons (Fsp3) is 0.346. The van der Waals surface area contributed by atoms with Crippen LogP contribution in [0, 0.1) is 0 Å². The van der Waals surface area contributed by atoms with E-state index in [0.717, 1.165) is 22.5 Å². The Morgan fingerprint density at radius 3 is 2.28 bits per heavy atom. The molecule has 32 heavy (non-hydrogen) atoms. The lowest BCUT2D eigenvalue weighted by molar-refractivity contribution is -0.144. The molecule has 168 valence electrons. The average Bonchev–Trinajstić information content (AvgIpc) is 3.14. The number of esters is 1. The summed E-state index contributed by atoms with van der Waals surface area (Å²) in [4.78, 5) is 28.6. The highest BCUT2D eigenvalue weighted by Gasteiger charge is 2.25. The number of methoxy groups -OCH3 is 1. The first-order valence-electron chi connectivity index (χ1n) is 10.7. The molecular weight excluding hydrogens is 402 g/mol. The minimum absolute atomic E-state index is 0.0486. The third kappa shape index (κ3) is 5.63. The zero-order valence-corrected chi connectivity index (χ0v) is 19.4. The number of hydrogen-bond donors (Lipinski definition) is 1. The molecule has 0 radical (unpaired) electrons. The predicted octanol–water partition coefficient (Wildman–Crippen LogP) is 4.12. The molecular formula is C26H31N3O3. The summed E-state index contributed by atoms with van der Waals surface area (Å²) in [6.07, 6.45) is 2.03. The second-order valence-electron chi connectivity index (χ2n) is 8.96. The number of hydrogen-bond acceptors (Lipinski definition) is 4. The van der Waals surface area contributed by atoms with Crippen molar-refractivity contribution in [1.29, 1.82) is 0 Å². The van der Waals surface area contributed by atoms with Crippen molar-refractivity contribution in [2.24, 2.45) is 0 Å². The van der Waals surface area contributed by atoms with E-state index >= 15 is 0 Å². The molecule has 1 amide bonds. The molecule has 1 N–H and O–H groups in total. The van der Waals surface area contributed by atoms with Gasteiger partial charge in [0.25, 0.3) is 0 Å². The number of nitrogens with one attached hydrogen (secondary N) is 1. The van der Waals surface area contributed by atoms with Crippen molar-refractivity contribution in [3.8, 4) is 11.3 Å². The van der Waals surface area contributed by atoms with Gasteiger partial charge in [-0.05, 0) is 16.5 Å². The van der Waals surface area contributed by atoms with Gasteiger partial charge in [-0.1, -0.05) is 75.4 Å². The van der Waals surface area contributed by atoms with Gasteiger partial charge in [-0.15, -0.1) is 0 Å². The number of imidazole rings is 1. The van der Waals surface area contributed by atoms with Crippen LogP contribution in [0.1, 0.15) is 44.5 Å². The number of ether oxygens (including phenoxy) is 1. The van der Waals surface area contributed by atoms with Crippen LogP contribution in [-0.4, -0.2) is 34.6 Å². The summed E-state index contributed by atoms with van der Waals surface area (Å²) < 4.78 is 6.98. The number of aromatic nitrogens is 2. The Balaban J connectivity index is 2.03. The van der Waals surface area contributed by atoms with Gasteiger partial charge < -0.3 is 14.6 Å². The van der Waals surface area contributed by atoms with Crippen LogP contribution in [-0.2, 0) is 32.7 Å². The lowest BCUT2D eigenvalue weighted by Crippen LogP contribution is -2.42. The van der Waals surface area contributed by atoms with E-state index in [9.17, 15) is 9.59 Å². The van der Waals surface area contributed by atoms with Gasteiger partial charge in [-0.25, -0.2) is 9.78 Å². The van der Waals surface area contributed by atoms with Crippen molar-refractivity contribution in [2.75, 3.05) is 7.11 Å². The van der Waals surface area contributed by atoms with Crippen LogP contribution in [0.25, 0.3) is 11.3 Å². The lowest BCUT2D eigenvalue weighted by Gasteiger charge is -2.20. The minimum Gasteiger partial charge on any atom is -0.467 e. The molecule has 3 rings (SSSR count). The Bertz CT molecular complexity index is 1060. The smallest absolute Gasteiger partial charge is 0.328 e. The normalized spacial score (nSPS) is 12.3. The van der Waals surface area contributed by atoms with Gasteiger partial charge in [0.15, 0.2) is 0 Å². The molecule has 0 unspecified atom stereocenters. The second-order valence-corrected chi connectivity index (χ2v) is 8.96. The summed E-state index contributed by atoms with van der Waals surface area (Å²) in [5.74, 6) is -0.785. The summed E-state index contributed by atoms with van der Waals surface area (Å²) in [6.45, 7) is 8.58. The zero-order valence-electron chi connectivity index (χ0n) is 19.4. The van der Waals surface area contributed by atoms with Gasteiger partial charge in [0.2, 0.25) is 5.91 Å². The summed E-state index contributed by atoms with van der Waals surface area (Å²) in [7, 11) is 1.32. The molecule has 1 heterocycles. The third-order valence-electron chi connectivity index (χ3n) is 5.39. The maximum absolute atomic E-state index is 12.3. The largest absolute Gasteiger partial charge is 0.467 e. The molecule has 6 heteroatoms. The number of amides is 1. The van der Waals surface area contributed by atoms with Gasteiger partial charge in [0, 0.05) is 25.5 Å². The van der Waals surface area contributed by atoms with Crippen LogP contribution in [0.5, 0.6) is 0 Å². The lowest BCUT2D eigenvalue weighted by atomic mass is 9.86. The van der Waals surface area contributed by atoms with Crippen LogP contribution in [0.3, 0.4) is 0 Å². The van der Waals surface area contributed by atoms with Crippen LogP contribution in [0.15, 0.2) is 60.9 Å². The Morgan fingerprint density at radius 2 is 1.72 bits per heavy atom. The Morgan fingerprint density at radius 1 is 1.06 bits per heavy atom. The molecule has 0 aliphatic carbocycles. The number of nitrogens with zero attached hydrogens (tertiary/aromatic N) is 2. The molecule has 0 saturated heterocycles. The molecule has 0 bridgehead atoms. The molecule has 0 aliphatic rings. The highest BCUT2D eigenvalue weighted by atomic mass is 16.5. The summed E-state index contributed by atoms with van der Waals surface area (Å²) >= 11 is 0. The van der Waals surface area contributed by atoms with Crippen molar-refractivity contribution in [3.63, 3.8) is 0 Å². The van der Waals surface area contributed by atoms with Crippen molar-refractivity contribution < 1.29 is 14.3 Å². The van der Waals surface area contributed by atoms with E-state index in [1.165, 1.54) is 19.6 Å². The van der Waals surface area contributed by atoms with Gasteiger partial charge in [-0.3, -0.25) is 4.79 Å². The van der Waals surface area contributed by atoms with E-state index < -0.39 is 12.0 Å². The summed E-state index contributed by atoms with van der Waals surface area (Å²) in [5, 5.41) is 2.68. The maximum atomic E-state index is 12.3. The van der Waals surface area contributed by atoms with Crippen molar-refractivity contribution in [2.45, 2.75) is 52.1 Å². The fourth-order valence-electron chi connectivity index (χ4n) is 3.71. The van der Waals surface area contributed by atoms with E-state index in [1.54, 1.807) is 6.33 Å². The number of carbonyl (C=O) groups excluding carboxylic acids is 2. The van der Waals surface area contributed by atoms with E-state index in [1.807, 2.05) is 18.2 Å². The molecule has 1 aromatic heterocycles. The van der Waals surface area contributed by atoms with E-state index in [2.05, 4.69) is 72.0 Å². The minimum atomic E-state index is -0.801. The Kier molecular flexibility index (Phi) is 7.13. The van der Waals surface area contributed by atoms with Crippen molar-refractivity contribution in [3.05, 3.63) is 77.7 Å². The summed E-state index contributed by atoms with van der Waals surface area (Å²) in [6, 6.07) is 17.8. The van der Waals surface area contributed by atoms with Crippen LogP contribution in [0.2, 0.25) is 0 Å². The monoisotopic (exact) mass is 433 g/mol. The molecule has 0 fully saturated rings. The molecule has 0 spiro atoms. The SMILES string of the molecule is COC(=O)[C@H](Cc1ncn(Cc2ccccc2)c1-c1ccc(C(C)(C)C)cc1)NC(C)=O. The van der Waals surface area contributed by atoms with Crippen molar-refractivity contribution >= 4 is 11.9 Å². The number of carbonyl (C=O) groups is 2. The quantitative estimate of drug-likeness (QED) is 0.569. The summed E-state index contributed by atoms with van der Waals surface area (Å²) in [5.41, 5.74) is 5.10. The molecule has 3 aromatic rings. The van der Waals surface area contributed by atoms with Gasteiger partial charge in [0.05, 0.1) is 24.8 Å². The standard InChI is InChI=1S/C26H31N3O3/c1-18(30)28-23(25(31)32-5)15-22-24(20-11-13-21(14-12-20)26(2,3)4)29(17-27-22)16-19-9-7-6-8-10-19/h6-14,17,23H,15-16H2,1-5H3,(H,28,30)/t23-/m0/s1. The predicted molar refractivity (Wildman–Crippen MR) is 125 cm³/mol. The molecule has 1 atom stereocenters. The maximum Gasteiger partial charge on any atom is 0.328 e. The Labute approximate surface area is 189 Å². The van der Waals surface area contributed by atoms with E-state index in [4.69, 9.17) is 4.74 Å². The molecule has 0 aliphatic heterocycles. The van der Waals surface area contributed by atoms with Crippen LogP contribution < -0.4 is 5.32 Å². The number of rotatable bonds is 7. The van der Waals surface area contributed by atoms with Crippen LogP contribution in [0.4, 0.5) is 0 Å². The third-order valence-corrected chi connectivity index (χ3v) is 5.39. The van der Waals surface area contributed by atoms with Gasteiger partial charge >= 0.3 is 5.97 Å². The fourth-order valence-corrected chi connectivity index (χ4v) is 3.71. The highest BCUT2D eigenvalue weighted by Crippen LogP contribution is 2.29. The first-order chi connectivity index (χ1) is 15.2. The Hall–Kier alpha value is -3.41. The van der Waals surface area contributed by atoms with E-state index in [-0.39, 0.29) is 17.7 Å². The van der Waals surface area contributed by atoms with Crippen LogP contribution >= 0.6 is 0 Å². The first-order valence-corrected chi connectivity index (χ1v) is 10.7. The topological polar surface area (TPSA) is 73.2 Å². The average molecular weight is 434 g/mol. The molecule has 0 saturated carbocycles. The van der Waals surface area contributed by atoms with Gasteiger partial charge in [-0.2, -0.15) is 0 Å². The molecule has 2 aromatic carbocycles. The second kappa shape index (κ2) is 9.81. The van der Waals surface area contributed by atoms with Gasteiger partial charge in [0.1, 0.15) is 6.04 Å². The van der Waals surface area contributed by atoms with E-state index in [0.29, 0.717) is 6.54 Å². The molecule has 6 nitrogen and oxygen atoms in total.